The van der Waals surface area contributed by atoms with Crippen LogP contribution < -0.4 is 0 Å². The molecule has 0 amide bonds. The van der Waals surface area contributed by atoms with E-state index in [1.807, 2.05) is 13.8 Å². The van der Waals surface area contributed by atoms with Gasteiger partial charge in [0.2, 0.25) is 0 Å². The van der Waals surface area contributed by atoms with E-state index >= 15 is 0 Å². The van der Waals surface area contributed by atoms with Gasteiger partial charge in [0.1, 0.15) is 0 Å². The highest BCUT2D eigenvalue weighted by Gasteiger charge is 2.47. The van der Waals surface area contributed by atoms with Crippen LogP contribution in [0, 0.1) is 16.7 Å². The fourth-order valence-electron chi connectivity index (χ4n) is 2.68. The van der Waals surface area contributed by atoms with Crippen molar-refractivity contribution in [3.05, 3.63) is 12.2 Å². The van der Waals surface area contributed by atoms with Crippen molar-refractivity contribution in [3.63, 3.8) is 0 Å². The van der Waals surface area contributed by atoms with Crippen LogP contribution in [0.4, 0.5) is 0 Å². The summed E-state index contributed by atoms with van der Waals surface area (Å²) in [5, 5.41) is 0. The molecule has 2 aliphatic rings. The van der Waals surface area contributed by atoms with Crippen LogP contribution in [-0.4, -0.2) is 0 Å². The van der Waals surface area contributed by atoms with Gasteiger partial charge in [-0.2, -0.15) is 0 Å². The van der Waals surface area contributed by atoms with Crippen molar-refractivity contribution in [1.29, 1.82) is 0 Å². The van der Waals surface area contributed by atoms with Crippen LogP contribution in [0.3, 0.4) is 0 Å². The monoisotopic (exact) mass is 180 g/mol. The first-order valence-corrected chi connectivity index (χ1v) is 5.73. The molecule has 2 rings (SSSR count). The van der Waals surface area contributed by atoms with Crippen molar-refractivity contribution in [3.8, 4) is 0 Å². The Labute approximate surface area is 83.4 Å². The highest BCUT2D eigenvalue weighted by molar-refractivity contribution is 5.19. The zero-order chi connectivity index (χ0) is 10.1. The second kappa shape index (κ2) is 3.48. The standard InChI is InChI=1S/C11H18.C2H6/c1-10(2,3)11-6-4-9(8-11)5-7-11;1-2/h4,6,9H,5,7-8H2,1-3H3;1-2H3. The quantitative estimate of drug-likeness (QED) is 0.484. The zero-order valence-corrected chi connectivity index (χ0v) is 9.85. The predicted octanol–water partition coefficient (Wildman–Crippen LogP) is 4.42. The lowest BCUT2D eigenvalue weighted by Crippen LogP contribution is -2.29. The third-order valence-corrected chi connectivity index (χ3v) is 3.77. The smallest absolute Gasteiger partial charge is 0.00638 e. The molecule has 0 aromatic carbocycles. The minimum Gasteiger partial charge on any atom is -0.0848 e. The van der Waals surface area contributed by atoms with Crippen molar-refractivity contribution in [2.45, 2.75) is 53.9 Å². The first kappa shape index (κ1) is 10.8. The molecule has 1 fully saturated rings. The van der Waals surface area contributed by atoms with Gasteiger partial charge in [0.05, 0.1) is 0 Å². The molecule has 13 heavy (non-hydrogen) atoms. The van der Waals surface area contributed by atoms with Gasteiger partial charge in [-0.3, -0.25) is 0 Å². The third-order valence-electron chi connectivity index (χ3n) is 3.77. The Bertz CT molecular complexity index is 195. The van der Waals surface area contributed by atoms with Gasteiger partial charge < -0.3 is 0 Å². The summed E-state index contributed by atoms with van der Waals surface area (Å²) in [6.45, 7) is 11.1. The second-order valence-corrected chi connectivity index (χ2v) is 5.27. The Hall–Kier alpha value is -0.260. The molecule has 0 radical (unpaired) electrons. The van der Waals surface area contributed by atoms with Gasteiger partial charge >= 0.3 is 0 Å². The van der Waals surface area contributed by atoms with Crippen molar-refractivity contribution in [1.82, 2.24) is 0 Å². The molecule has 2 atom stereocenters. The molecule has 0 spiro atoms. The van der Waals surface area contributed by atoms with E-state index in [0.29, 0.717) is 10.8 Å². The number of hydrogen-bond acceptors (Lipinski definition) is 0. The van der Waals surface area contributed by atoms with E-state index < -0.39 is 0 Å². The fourth-order valence-corrected chi connectivity index (χ4v) is 2.68. The molecular weight excluding hydrogens is 156 g/mol. The van der Waals surface area contributed by atoms with Crippen LogP contribution in [-0.2, 0) is 0 Å². The van der Waals surface area contributed by atoms with E-state index in [-0.39, 0.29) is 0 Å². The molecule has 2 aliphatic carbocycles. The second-order valence-electron chi connectivity index (χ2n) is 5.27. The number of allylic oxidation sites excluding steroid dienone is 2. The molecule has 0 N–H and O–H groups in total. The Balaban J connectivity index is 0.000000396. The van der Waals surface area contributed by atoms with Gasteiger partial charge in [0.25, 0.3) is 0 Å². The predicted molar refractivity (Wildman–Crippen MR) is 59.7 cm³/mol. The van der Waals surface area contributed by atoms with Crippen molar-refractivity contribution >= 4 is 0 Å². The summed E-state index contributed by atoms with van der Waals surface area (Å²) in [6, 6.07) is 0. The Morgan fingerprint density at radius 3 is 2.00 bits per heavy atom. The lowest BCUT2D eigenvalue weighted by atomic mass is 9.66. The van der Waals surface area contributed by atoms with Gasteiger partial charge in [0, 0.05) is 0 Å². The maximum absolute atomic E-state index is 2.49. The molecule has 0 aromatic heterocycles. The van der Waals surface area contributed by atoms with E-state index in [1.54, 1.807) is 0 Å². The average molecular weight is 180 g/mol. The highest BCUT2D eigenvalue weighted by atomic mass is 14.5. The summed E-state index contributed by atoms with van der Waals surface area (Å²) in [5.41, 5.74) is 1.05. The Morgan fingerprint density at radius 2 is 1.85 bits per heavy atom. The van der Waals surface area contributed by atoms with Gasteiger partial charge in [-0.1, -0.05) is 46.8 Å². The molecule has 2 unspecified atom stereocenters. The summed E-state index contributed by atoms with van der Waals surface area (Å²) in [4.78, 5) is 0. The molecule has 0 saturated heterocycles. The maximum Gasteiger partial charge on any atom is -0.00638 e. The van der Waals surface area contributed by atoms with Crippen molar-refractivity contribution in [2.75, 3.05) is 0 Å². The maximum atomic E-state index is 2.49. The highest BCUT2D eigenvalue weighted by Crippen LogP contribution is 2.58. The molecule has 2 bridgehead atoms. The van der Waals surface area contributed by atoms with Crippen LogP contribution in [0.2, 0.25) is 0 Å². The summed E-state index contributed by atoms with van der Waals surface area (Å²) < 4.78 is 0. The summed E-state index contributed by atoms with van der Waals surface area (Å²) in [7, 11) is 0. The molecule has 1 saturated carbocycles. The lowest BCUT2D eigenvalue weighted by molar-refractivity contribution is 0.157. The topological polar surface area (TPSA) is 0 Å². The van der Waals surface area contributed by atoms with Crippen LogP contribution in [0.25, 0.3) is 0 Å². The van der Waals surface area contributed by atoms with Gasteiger partial charge in [0.15, 0.2) is 0 Å². The van der Waals surface area contributed by atoms with E-state index in [4.69, 9.17) is 0 Å². The zero-order valence-electron chi connectivity index (χ0n) is 9.85. The first-order chi connectivity index (χ1) is 6.04. The van der Waals surface area contributed by atoms with Crippen molar-refractivity contribution in [2.24, 2.45) is 16.7 Å². The van der Waals surface area contributed by atoms with E-state index in [0.717, 1.165) is 5.92 Å². The Morgan fingerprint density at radius 1 is 1.23 bits per heavy atom. The lowest BCUT2D eigenvalue weighted by Gasteiger charge is -2.38. The normalized spacial score (nSPS) is 35.9. The number of hydrogen-bond donors (Lipinski definition) is 0. The summed E-state index contributed by atoms with van der Waals surface area (Å²) >= 11 is 0. The minimum absolute atomic E-state index is 0.481. The van der Waals surface area contributed by atoms with Gasteiger partial charge in [-0.15, -0.1) is 0 Å². The molecule has 76 valence electrons. The SMILES string of the molecule is CC.CC(C)(C)C12C=CC(CC1)C2. The minimum atomic E-state index is 0.481. The third kappa shape index (κ3) is 1.68. The molecule has 0 heteroatoms. The van der Waals surface area contributed by atoms with Gasteiger partial charge in [-0.05, 0) is 36.0 Å². The van der Waals surface area contributed by atoms with Crippen LogP contribution in [0.1, 0.15) is 53.9 Å². The molecule has 0 nitrogen and oxygen atoms in total. The van der Waals surface area contributed by atoms with Gasteiger partial charge in [-0.25, -0.2) is 0 Å². The molecule has 0 aromatic rings. The van der Waals surface area contributed by atoms with E-state index in [9.17, 15) is 0 Å². The number of fused-ring (bicyclic) bond motifs is 2. The van der Waals surface area contributed by atoms with E-state index in [2.05, 4.69) is 32.9 Å². The molecule has 0 aliphatic heterocycles. The molecular formula is C13H24. The van der Waals surface area contributed by atoms with Crippen molar-refractivity contribution < 1.29 is 0 Å². The fraction of sp³-hybridized carbons (Fsp3) is 0.846. The van der Waals surface area contributed by atoms with E-state index in [1.165, 1.54) is 19.3 Å². The largest absolute Gasteiger partial charge is 0.0848 e. The first-order valence-electron chi connectivity index (χ1n) is 5.73. The average Bonchev–Trinajstić information content (AvgIpc) is 2.66. The van der Waals surface area contributed by atoms with Crippen LogP contribution in [0.15, 0.2) is 12.2 Å². The van der Waals surface area contributed by atoms with Crippen LogP contribution >= 0.6 is 0 Å². The Kier molecular flexibility index (Phi) is 2.89. The van der Waals surface area contributed by atoms with Crippen LogP contribution in [0.5, 0.6) is 0 Å². The molecule has 0 heterocycles. The summed E-state index contributed by atoms with van der Waals surface area (Å²) in [6.07, 6.45) is 9.22. The number of rotatable bonds is 0. The summed E-state index contributed by atoms with van der Waals surface area (Å²) in [5.74, 6) is 0.925.